The molecule has 0 aromatic heterocycles. The number of ether oxygens (including phenoxy) is 1. The highest BCUT2D eigenvalue weighted by atomic mass is 32.2. The van der Waals surface area contributed by atoms with Crippen LogP contribution < -0.4 is 5.32 Å². The van der Waals surface area contributed by atoms with Crippen LogP contribution in [0.4, 0.5) is 9.18 Å². The van der Waals surface area contributed by atoms with Gasteiger partial charge in [-0.3, -0.25) is 19.3 Å². The van der Waals surface area contributed by atoms with Crippen LogP contribution in [0.25, 0.3) is 0 Å². The molecule has 2 atom stereocenters. The molecule has 1 fully saturated rings. The Kier molecular flexibility index (Phi) is 7.59. The number of nitrogens with one attached hydrogen (secondary N) is 1. The van der Waals surface area contributed by atoms with Gasteiger partial charge >= 0.3 is 12.1 Å². The molecule has 0 aliphatic carbocycles. The van der Waals surface area contributed by atoms with Gasteiger partial charge in [0.2, 0.25) is 5.91 Å². The minimum atomic E-state index is -1.48. The first kappa shape index (κ1) is 20.7. The first-order valence-corrected chi connectivity index (χ1v) is 9.23. The zero-order valence-electron chi connectivity index (χ0n) is 14.3. The number of amides is 2. The molecule has 0 bridgehead atoms. The van der Waals surface area contributed by atoms with Gasteiger partial charge in [0.1, 0.15) is 25.4 Å². The van der Waals surface area contributed by atoms with E-state index in [2.05, 4.69) is 5.32 Å². The van der Waals surface area contributed by atoms with Crippen LogP contribution in [0.3, 0.4) is 0 Å². The fourth-order valence-corrected chi connectivity index (χ4v) is 3.57. The lowest BCUT2D eigenvalue weighted by molar-refractivity contribution is -0.140. The maximum atomic E-state index is 12.6. The minimum absolute atomic E-state index is 0.0388. The molecule has 1 unspecified atom stereocenters. The van der Waals surface area contributed by atoms with Crippen LogP contribution in [0.15, 0.2) is 30.3 Å². The average molecular weight is 398 g/mol. The standard InChI is InChI=1S/C17H19FN2O6S/c18-7-14(21)12(6-15(22)23)19-16(24)13-9-27-10-20(13)17(25)26-8-11-4-2-1-3-5-11/h1-5,12-13H,6-10H2,(H,19,24)(H,22,23)/t12-,13?/m0/s1. The van der Waals surface area contributed by atoms with E-state index in [-0.39, 0.29) is 18.2 Å². The van der Waals surface area contributed by atoms with E-state index in [1.165, 1.54) is 16.7 Å². The fourth-order valence-electron chi connectivity index (χ4n) is 2.42. The lowest BCUT2D eigenvalue weighted by Gasteiger charge is -2.24. The van der Waals surface area contributed by atoms with E-state index in [0.29, 0.717) is 0 Å². The number of carbonyl (C=O) groups is 4. The summed E-state index contributed by atoms with van der Waals surface area (Å²) in [5.74, 6) is -2.62. The second kappa shape index (κ2) is 9.91. The fraction of sp³-hybridized carbons (Fsp3) is 0.412. The third-order valence-corrected chi connectivity index (χ3v) is 4.85. The second-order valence-electron chi connectivity index (χ2n) is 5.78. The molecule has 0 radical (unpaired) electrons. The van der Waals surface area contributed by atoms with Crippen LogP contribution in [0, 0.1) is 0 Å². The number of nitrogens with zero attached hydrogens (tertiary/aromatic N) is 1. The van der Waals surface area contributed by atoms with Crippen molar-refractivity contribution < 1.29 is 33.4 Å². The zero-order valence-corrected chi connectivity index (χ0v) is 15.1. The summed E-state index contributed by atoms with van der Waals surface area (Å²) >= 11 is 1.31. The Labute approximate surface area is 159 Å². The Morgan fingerprint density at radius 3 is 2.63 bits per heavy atom. The largest absolute Gasteiger partial charge is 0.481 e. The lowest BCUT2D eigenvalue weighted by Crippen LogP contribution is -2.52. The Morgan fingerprint density at radius 2 is 2.00 bits per heavy atom. The number of thioether (sulfide) groups is 1. The van der Waals surface area contributed by atoms with E-state index >= 15 is 0 Å². The maximum absolute atomic E-state index is 12.6. The molecule has 1 aromatic carbocycles. The van der Waals surface area contributed by atoms with E-state index in [4.69, 9.17) is 9.84 Å². The molecule has 1 aromatic rings. The number of carboxylic acid groups (broad SMARTS) is 1. The number of rotatable bonds is 8. The van der Waals surface area contributed by atoms with Gasteiger partial charge in [-0.25, -0.2) is 9.18 Å². The van der Waals surface area contributed by atoms with E-state index in [1.54, 1.807) is 24.3 Å². The summed E-state index contributed by atoms with van der Waals surface area (Å²) < 4.78 is 17.8. The van der Waals surface area contributed by atoms with Crippen molar-refractivity contribution in [1.29, 1.82) is 0 Å². The highest BCUT2D eigenvalue weighted by molar-refractivity contribution is 7.99. The molecule has 10 heteroatoms. The van der Waals surface area contributed by atoms with Crippen molar-refractivity contribution in [3.8, 4) is 0 Å². The molecule has 8 nitrogen and oxygen atoms in total. The van der Waals surface area contributed by atoms with Gasteiger partial charge in [0.25, 0.3) is 0 Å². The number of ketones is 1. The SMILES string of the molecule is O=C(O)C[C@H](NC(=O)C1CSCN1C(=O)OCc1ccccc1)C(=O)CF. The summed E-state index contributed by atoms with van der Waals surface area (Å²) in [5.41, 5.74) is 0.786. The molecule has 27 heavy (non-hydrogen) atoms. The molecule has 2 amide bonds. The average Bonchev–Trinajstić information content (AvgIpc) is 3.15. The number of aliphatic carboxylic acids is 1. The lowest BCUT2D eigenvalue weighted by atomic mass is 10.1. The molecule has 1 heterocycles. The number of hydrogen-bond acceptors (Lipinski definition) is 6. The van der Waals surface area contributed by atoms with Crippen molar-refractivity contribution in [3.63, 3.8) is 0 Å². The number of alkyl halides is 1. The third kappa shape index (κ3) is 5.95. The summed E-state index contributed by atoms with van der Waals surface area (Å²) in [7, 11) is 0. The Balaban J connectivity index is 1.96. The quantitative estimate of drug-likeness (QED) is 0.676. The first-order chi connectivity index (χ1) is 12.9. The van der Waals surface area contributed by atoms with Gasteiger partial charge in [-0.05, 0) is 5.56 Å². The number of carbonyl (C=O) groups excluding carboxylic acids is 3. The van der Waals surface area contributed by atoms with E-state index < -0.39 is 48.9 Å². The monoisotopic (exact) mass is 398 g/mol. The molecule has 1 aliphatic rings. The van der Waals surface area contributed by atoms with Crippen molar-refractivity contribution >= 4 is 35.5 Å². The summed E-state index contributed by atoms with van der Waals surface area (Å²) in [6, 6.07) is 6.60. The second-order valence-corrected chi connectivity index (χ2v) is 6.78. The minimum Gasteiger partial charge on any atom is -0.481 e. The van der Waals surface area contributed by atoms with Crippen LogP contribution in [-0.4, -0.2) is 64.1 Å². The Bertz CT molecular complexity index is 702. The van der Waals surface area contributed by atoms with E-state index in [1.807, 2.05) is 6.07 Å². The van der Waals surface area contributed by atoms with Gasteiger partial charge in [0.15, 0.2) is 5.78 Å². The van der Waals surface area contributed by atoms with Gasteiger partial charge in [0.05, 0.1) is 12.3 Å². The molecule has 1 aliphatic heterocycles. The van der Waals surface area contributed by atoms with Gasteiger partial charge in [-0.15, -0.1) is 11.8 Å². The number of halogens is 1. The summed E-state index contributed by atoms with van der Waals surface area (Å²) in [5, 5.41) is 11.0. The van der Waals surface area contributed by atoms with Gasteiger partial charge < -0.3 is 15.2 Å². The molecule has 2 N–H and O–H groups in total. The molecule has 0 spiro atoms. The predicted octanol–water partition coefficient (Wildman–Crippen LogP) is 1.20. The number of Topliss-reactive ketones (excluding diaryl/α,β-unsaturated/α-hetero) is 1. The van der Waals surface area contributed by atoms with Crippen LogP contribution in [0.5, 0.6) is 0 Å². The Hall–Kier alpha value is -2.62. The van der Waals surface area contributed by atoms with Gasteiger partial charge in [-0.1, -0.05) is 30.3 Å². The molecule has 2 rings (SSSR count). The van der Waals surface area contributed by atoms with Crippen molar-refractivity contribution in [1.82, 2.24) is 10.2 Å². The highest BCUT2D eigenvalue weighted by Crippen LogP contribution is 2.22. The maximum Gasteiger partial charge on any atom is 0.411 e. The number of hydrogen-bond donors (Lipinski definition) is 2. The van der Waals surface area contributed by atoms with Crippen molar-refractivity contribution in [2.24, 2.45) is 0 Å². The van der Waals surface area contributed by atoms with E-state index in [9.17, 15) is 23.6 Å². The van der Waals surface area contributed by atoms with Crippen LogP contribution in [0.2, 0.25) is 0 Å². The van der Waals surface area contributed by atoms with Gasteiger partial charge in [0, 0.05) is 5.75 Å². The molecule has 146 valence electrons. The molecular weight excluding hydrogens is 379 g/mol. The van der Waals surface area contributed by atoms with E-state index in [0.717, 1.165) is 5.56 Å². The van der Waals surface area contributed by atoms with Crippen LogP contribution in [-0.2, 0) is 25.7 Å². The molecule has 0 saturated carbocycles. The predicted molar refractivity (Wildman–Crippen MR) is 94.7 cm³/mol. The number of carboxylic acids is 1. The zero-order chi connectivity index (χ0) is 19.8. The third-order valence-electron chi connectivity index (χ3n) is 3.84. The van der Waals surface area contributed by atoms with Gasteiger partial charge in [-0.2, -0.15) is 0 Å². The van der Waals surface area contributed by atoms with Crippen molar-refractivity contribution in [2.45, 2.75) is 25.1 Å². The Morgan fingerprint density at radius 1 is 1.30 bits per heavy atom. The van der Waals surface area contributed by atoms with Crippen LogP contribution >= 0.6 is 11.8 Å². The summed E-state index contributed by atoms with van der Waals surface area (Å²) in [4.78, 5) is 48.2. The molecular formula is C17H19FN2O6S. The van der Waals surface area contributed by atoms with Crippen LogP contribution in [0.1, 0.15) is 12.0 Å². The topological polar surface area (TPSA) is 113 Å². The highest BCUT2D eigenvalue weighted by Gasteiger charge is 2.37. The smallest absolute Gasteiger partial charge is 0.411 e. The first-order valence-electron chi connectivity index (χ1n) is 8.08. The summed E-state index contributed by atoms with van der Waals surface area (Å²) in [6.07, 6.45) is -1.43. The van der Waals surface area contributed by atoms with Crippen molar-refractivity contribution in [3.05, 3.63) is 35.9 Å². The van der Waals surface area contributed by atoms with Crippen molar-refractivity contribution in [2.75, 3.05) is 18.3 Å². The molecule has 1 saturated heterocycles. The summed E-state index contributed by atoms with van der Waals surface area (Å²) in [6.45, 7) is -1.35. The number of benzene rings is 1. The normalized spacial score (nSPS) is 17.2.